The Hall–Kier alpha value is -1.79. The summed E-state index contributed by atoms with van der Waals surface area (Å²) in [7, 11) is 0. The van der Waals surface area contributed by atoms with Crippen molar-refractivity contribution in [2.45, 2.75) is 25.0 Å². The van der Waals surface area contributed by atoms with Gasteiger partial charge in [-0.05, 0) is 36.3 Å². The average molecular weight is 315 g/mol. The van der Waals surface area contributed by atoms with Gasteiger partial charge in [0.05, 0.1) is 17.4 Å². The number of hydrogen-bond acceptors (Lipinski definition) is 5. The lowest BCUT2D eigenvalue weighted by molar-refractivity contribution is -0.00563. The van der Waals surface area contributed by atoms with E-state index in [1.54, 1.807) is 23.9 Å². The molecular weight excluding hydrogens is 298 g/mol. The molecule has 114 valence electrons. The molecule has 0 radical (unpaired) electrons. The maximum Gasteiger partial charge on any atom is 0.254 e. The highest BCUT2D eigenvalue weighted by Gasteiger charge is 2.41. The third kappa shape index (κ3) is 2.53. The van der Waals surface area contributed by atoms with Gasteiger partial charge in [-0.15, -0.1) is 0 Å². The zero-order valence-corrected chi connectivity index (χ0v) is 12.9. The molecule has 2 saturated heterocycles. The Kier molecular flexibility index (Phi) is 3.63. The van der Waals surface area contributed by atoms with Crippen LogP contribution < -0.4 is 0 Å². The van der Waals surface area contributed by atoms with Crippen LogP contribution in [0.15, 0.2) is 35.4 Å². The number of ether oxygens (including phenoxy) is 1. The summed E-state index contributed by atoms with van der Waals surface area (Å²) < 4.78 is 6.17. The molecule has 0 spiro atoms. The van der Waals surface area contributed by atoms with Gasteiger partial charge < -0.3 is 9.64 Å². The van der Waals surface area contributed by atoms with Crippen molar-refractivity contribution in [2.24, 2.45) is 5.92 Å². The minimum absolute atomic E-state index is 0.0363. The number of hydrogen-bond donors (Lipinski definition) is 0. The first kappa shape index (κ1) is 13.8. The molecule has 2 aromatic rings. The molecule has 3 atom stereocenters. The van der Waals surface area contributed by atoms with E-state index in [4.69, 9.17) is 4.74 Å². The number of carbonyl (C=O) groups is 1. The van der Waals surface area contributed by atoms with E-state index in [0.29, 0.717) is 12.5 Å². The van der Waals surface area contributed by atoms with Crippen molar-refractivity contribution >= 4 is 17.2 Å². The molecule has 5 nitrogen and oxygen atoms in total. The maximum atomic E-state index is 12.5. The van der Waals surface area contributed by atoms with Crippen LogP contribution in [0.5, 0.6) is 0 Å². The molecule has 6 heteroatoms. The standard InChI is InChI=1S/C16H17N3O2S/c20-16(12-3-6-22-9-12)19-5-2-11-7-14(21-15(11)8-19)13-1-4-17-10-18-13/h1,3-4,6,9-11,14-15H,2,5,7-8H2/t11-,14+,15+/m1/s1. The lowest BCUT2D eigenvalue weighted by Gasteiger charge is -2.33. The summed E-state index contributed by atoms with van der Waals surface area (Å²) in [4.78, 5) is 22.6. The van der Waals surface area contributed by atoms with Crippen molar-refractivity contribution in [1.82, 2.24) is 14.9 Å². The minimum atomic E-state index is 0.0363. The van der Waals surface area contributed by atoms with E-state index < -0.39 is 0 Å². The third-order valence-corrected chi connectivity index (χ3v) is 5.23. The predicted molar refractivity (Wildman–Crippen MR) is 82.6 cm³/mol. The van der Waals surface area contributed by atoms with E-state index in [-0.39, 0.29) is 18.1 Å². The van der Waals surface area contributed by atoms with Crippen LogP contribution in [0, 0.1) is 5.92 Å². The van der Waals surface area contributed by atoms with Gasteiger partial charge in [-0.2, -0.15) is 11.3 Å². The van der Waals surface area contributed by atoms with Crippen LogP contribution in [0.1, 0.15) is 35.0 Å². The summed E-state index contributed by atoms with van der Waals surface area (Å²) in [6.07, 6.45) is 5.46. The first-order valence-corrected chi connectivity index (χ1v) is 8.48. The van der Waals surface area contributed by atoms with Crippen LogP contribution in [0.25, 0.3) is 0 Å². The monoisotopic (exact) mass is 315 g/mol. The SMILES string of the molecule is O=C(c1ccsc1)N1CC[C@@H]2C[C@@H](c3ccncn3)O[C@H]2C1. The zero-order chi connectivity index (χ0) is 14.9. The third-order valence-electron chi connectivity index (χ3n) is 4.54. The molecule has 0 bridgehead atoms. The van der Waals surface area contributed by atoms with E-state index >= 15 is 0 Å². The number of aromatic nitrogens is 2. The van der Waals surface area contributed by atoms with Crippen LogP contribution in [0.4, 0.5) is 0 Å². The Balaban J connectivity index is 1.45. The summed E-state index contributed by atoms with van der Waals surface area (Å²) in [6, 6.07) is 3.80. The van der Waals surface area contributed by atoms with Gasteiger partial charge in [0, 0.05) is 24.7 Å². The second-order valence-electron chi connectivity index (χ2n) is 5.85. The second-order valence-corrected chi connectivity index (χ2v) is 6.63. The quantitative estimate of drug-likeness (QED) is 0.854. The molecule has 2 aromatic heterocycles. The molecule has 4 rings (SSSR count). The summed E-state index contributed by atoms with van der Waals surface area (Å²) >= 11 is 1.56. The molecule has 0 N–H and O–H groups in total. The largest absolute Gasteiger partial charge is 0.367 e. The van der Waals surface area contributed by atoms with Crippen LogP contribution >= 0.6 is 11.3 Å². The molecule has 0 aliphatic carbocycles. The number of nitrogens with zero attached hydrogens (tertiary/aromatic N) is 3. The van der Waals surface area contributed by atoms with Gasteiger partial charge in [0.15, 0.2) is 0 Å². The number of likely N-dealkylation sites (tertiary alicyclic amines) is 1. The van der Waals surface area contributed by atoms with Crippen LogP contribution in [-0.2, 0) is 4.74 Å². The van der Waals surface area contributed by atoms with Gasteiger partial charge >= 0.3 is 0 Å². The molecule has 4 heterocycles. The Labute approximate surface area is 133 Å². The molecule has 0 saturated carbocycles. The van der Waals surface area contributed by atoms with Gasteiger partial charge in [-0.1, -0.05) is 0 Å². The first-order valence-electron chi connectivity index (χ1n) is 7.54. The number of carbonyl (C=O) groups excluding carboxylic acids is 1. The van der Waals surface area contributed by atoms with E-state index in [1.165, 1.54) is 0 Å². The Bertz CT molecular complexity index is 647. The normalized spacial score (nSPS) is 27.6. The van der Waals surface area contributed by atoms with Crippen molar-refractivity contribution in [3.8, 4) is 0 Å². The van der Waals surface area contributed by atoms with Crippen LogP contribution in [0.3, 0.4) is 0 Å². The van der Waals surface area contributed by atoms with Crippen molar-refractivity contribution in [3.63, 3.8) is 0 Å². The number of fused-ring (bicyclic) bond motifs is 1. The van der Waals surface area contributed by atoms with Crippen molar-refractivity contribution in [1.29, 1.82) is 0 Å². The first-order chi connectivity index (χ1) is 10.8. The van der Waals surface area contributed by atoms with Crippen molar-refractivity contribution < 1.29 is 9.53 Å². The lowest BCUT2D eigenvalue weighted by Crippen LogP contribution is -2.45. The highest BCUT2D eigenvalue weighted by atomic mass is 32.1. The average Bonchev–Trinajstić information content (AvgIpc) is 3.23. The molecule has 0 aromatic carbocycles. The van der Waals surface area contributed by atoms with E-state index in [0.717, 1.165) is 30.6 Å². The molecule has 22 heavy (non-hydrogen) atoms. The summed E-state index contributed by atoms with van der Waals surface area (Å²) in [5.74, 6) is 0.639. The lowest BCUT2D eigenvalue weighted by atomic mass is 9.91. The minimum Gasteiger partial charge on any atom is -0.367 e. The highest BCUT2D eigenvalue weighted by molar-refractivity contribution is 7.08. The second kappa shape index (κ2) is 5.78. The zero-order valence-electron chi connectivity index (χ0n) is 12.1. The Morgan fingerprint density at radius 2 is 2.36 bits per heavy atom. The van der Waals surface area contributed by atoms with Gasteiger partial charge in [0.1, 0.15) is 12.4 Å². The van der Waals surface area contributed by atoms with Crippen LogP contribution in [0.2, 0.25) is 0 Å². The molecule has 2 aliphatic rings. The predicted octanol–water partition coefficient (Wildman–Crippen LogP) is 2.53. The smallest absolute Gasteiger partial charge is 0.254 e. The molecule has 2 aliphatic heterocycles. The van der Waals surface area contributed by atoms with Gasteiger partial charge in [0.25, 0.3) is 5.91 Å². The van der Waals surface area contributed by atoms with Gasteiger partial charge in [-0.3, -0.25) is 4.79 Å². The summed E-state index contributed by atoms with van der Waals surface area (Å²) in [5, 5.41) is 3.85. The maximum absolute atomic E-state index is 12.5. The Morgan fingerprint density at radius 1 is 1.41 bits per heavy atom. The molecular formula is C16H17N3O2S. The van der Waals surface area contributed by atoms with Crippen molar-refractivity contribution in [3.05, 3.63) is 46.7 Å². The fourth-order valence-corrected chi connectivity index (χ4v) is 4.00. The number of piperidine rings is 1. The topological polar surface area (TPSA) is 55.3 Å². The highest BCUT2D eigenvalue weighted by Crippen LogP contribution is 2.40. The summed E-state index contributed by atoms with van der Waals surface area (Å²) in [5.41, 5.74) is 1.73. The molecule has 2 fully saturated rings. The number of thiophene rings is 1. The van der Waals surface area contributed by atoms with E-state index in [2.05, 4.69) is 9.97 Å². The van der Waals surface area contributed by atoms with Crippen molar-refractivity contribution in [2.75, 3.05) is 13.1 Å². The molecule has 1 amide bonds. The van der Waals surface area contributed by atoms with E-state index in [1.807, 2.05) is 27.8 Å². The fourth-order valence-electron chi connectivity index (χ4n) is 3.37. The Morgan fingerprint density at radius 3 is 3.14 bits per heavy atom. The fraction of sp³-hybridized carbons (Fsp3) is 0.438. The van der Waals surface area contributed by atoms with Gasteiger partial charge in [-0.25, -0.2) is 9.97 Å². The van der Waals surface area contributed by atoms with E-state index in [9.17, 15) is 4.79 Å². The summed E-state index contributed by atoms with van der Waals surface area (Å²) in [6.45, 7) is 1.50. The van der Waals surface area contributed by atoms with Gasteiger partial charge in [0.2, 0.25) is 0 Å². The molecule has 0 unspecified atom stereocenters. The number of amides is 1. The number of rotatable bonds is 2. The van der Waals surface area contributed by atoms with Crippen LogP contribution in [-0.4, -0.2) is 40.0 Å².